The summed E-state index contributed by atoms with van der Waals surface area (Å²) >= 11 is 0. The first-order valence-electron chi connectivity index (χ1n) is 6.76. The molecule has 0 fully saturated rings. The first-order valence-corrected chi connectivity index (χ1v) is 6.76. The van der Waals surface area contributed by atoms with E-state index in [9.17, 15) is 9.18 Å². The third-order valence-corrected chi connectivity index (χ3v) is 3.11. The highest BCUT2D eigenvalue weighted by atomic mass is 19.1. The van der Waals surface area contributed by atoms with Crippen molar-refractivity contribution in [3.63, 3.8) is 0 Å². The Labute approximate surface area is 119 Å². The second-order valence-electron chi connectivity index (χ2n) is 5.79. The van der Waals surface area contributed by atoms with Crippen LogP contribution in [-0.2, 0) is 0 Å². The molecule has 0 saturated heterocycles. The molecule has 0 spiro atoms. The number of hydrogen-bond donors (Lipinski definition) is 3. The summed E-state index contributed by atoms with van der Waals surface area (Å²) in [6.07, 6.45) is 1.57. The summed E-state index contributed by atoms with van der Waals surface area (Å²) in [5.41, 5.74) is 0.922. The number of aryl methyl sites for hydroxylation is 1. The Morgan fingerprint density at radius 3 is 2.75 bits per heavy atom. The van der Waals surface area contributed by atoms with E-state index in [4.69, 9.17) is 5.11 Å². The van der Waals surface area contributed by atoms with Gasteiger partial charge in [0.05, 0.1) is 5.69 Å². The van der Waals surface area contributed by atoms with Crippen molar-refractivity contribution in [2.24, 2.45) is 5.41 Å². The number of hydrogen-bond acceptors (Lipinski definition) is 2. The number of anilines is 1. The molecule has 112 valence electrons. The molecular formula is C15H23FN2O2. The average Bonchev–Trinajstić information content (AvgIpc) is 2.39. The Bertz CT molecular complexity index is 461. The predicted octanol–water partition coefficient (Wildman–Crippen LogP) is 3.05. The first-order chi connectivity index (χ1) is 9.34. The van der Waals surface area contributed by atoms with E-state index in [1.807, 2.05) is 20.8 Å². The Morgan fingerprint density at radius 1 is 1.40 bits per heavy atom. The monoisotopic (exact) mass is 282 g/mol. The van der Waals surface area contributed by atoms with Gasteiger partial charge in [0, 0.05) is 13.2 Å². The third-order valence-electron chi connectivity index (χ3n) is 3.11. The summed E-state index contributed by atoms with van der Waals surface area (Å²) in [5, 5.41) is 14.3. The van der Waals surface area contributed by atoms with Crippen molar-refractivity contribution in [3.05, 3.63) is 29.6 Å². The van der Waals surface area contributed by atoms with E-state index in [2.05, 4.69) is 10.6 Å². The fourth-order valence-corrected chi connectivity index (χ4v) is 1.75. The zero-order valence-corrected chi connectivity index (χ0v) is 12.3. The topological polar surface area (TPSA) is 61.4 Å². The molecule has 0 bridgehead atoms. The fourth-order valence-electron chi connectivity index (χ4n) is 1.75. The van der Waals surface area contributed by atoms with Gasteiger partial charge in [-0.2, -0.15) is 0 Å². The van der Waals surface area contributed by atoms with Crippen molar-refractivity contribution in [2.75, 3.05) is 18.5 Å². The summed E-state index contributed by atoms with van der Waals surface area (Å²) in [4.78, 5) is 11.6. The number of carbonyl (C=O) groups excluding carboxylic acids is 1. The molecule has 0 saturated carbocycles. The molecule has 5 heteroatoms. The molecular weight excluding hydrogens is 259 g/mol. The van der Waals surface area contributed by atoms with Gasteiger partial charge in [0.2, 0.25) is 0 Å². The van der Waals surface area contributed by atoms with Gasteiger partial charge in [0.15, 0.2) is 0 Å². The summed E-state index contributed by atoms with van der Waals surface area (Å²) in [6.45, 7) is 6.38. The quantitative estimate of drug-likeness (QED) is 0.702. The number of urea groups is 1. The van der Waals surface area contributed by atoms with E-state index >= 15 is 0 Å². The van der Waals surface area contributed by atoms with Crippen molar-refractivity contribution >= 4 is 11.7 Å². The molecule has 0 atom stereocenters. The first kappa shape index (κ1) is 16.4. The number of rotatable bonds is 6. The summed E-state index contributed by atoms with van der Waals surface area (Å²) in [6, 6.07) is 4.14. The van der Waals surface area contributed by atoms with Crippen LogP contribution in [0.1, 0.15) is 32.3 Å². The molecule has 1 aromatic carbocycles. The van der Waals surface area contributed by atoms with Crippen LogP contribution in [0.2, 0.25) is 0 Å². The van der Waals surface area contributed by atoms with Gasteiger partial charge in [0.25, 0.3) is 0 Å². The van der Waals surface area contributed by atoms with Crippen LogP contribution in [0.25, 0.3) is 0 Å². The van der Waals surface area contributed by atoms with Crippen LogP contribution in [0.15, 0.2) is 18.2 Å². The number of amides is 2. The maximum Gasteiger partial charge on any atom is 0.319 e. The third kappa shape index (κ3) is 5.57. The van der Waals surface area contributed by atoms with E-state index in [1.54, 1.807) is 12.1 Å². The van der Waals surface area contributed by atoms with Crippen LogP contribution >= 0.6 is 0 Å². The van der Waals surface area contributed by atoms with Crippen molar-refractivity contribution in [1.29, 1.82) is 0 Å². The zero-order chi connectivity index (χ0) is 15.2. The molecule has 3 N–H and O–H groups in total. The average molecular weight is 282 g/mol. The fraction of sp³-hybridized carbons (Fsp3) is 0.533. The van der Waals surface area contributed by atoms with Crippen LogP contribution in [0.3, 0.4) is 0 Å². The van der Waals surface area contributed by atoms with Gasteiger partial charge in [-0.05, 0) is 42.9 Å². The number of aliphatic hydroxyl groups excluding tert-OH is 1. The summed E-state index contributed by atoms with van der Waals surface area (Å²) in [7, 11) is 0. The van der Waals surface area contributed by atoms with E-state index in [0.29, 0.717) is 6.54 Å². The minimum atomic E-state index is -0.452. The molecule has 2 amide bonds. The highest BCUT2D eigenvalue weighted by Gasteiger charge is 2.15. The molecule has 0 radical (unpaired) electrons. The summed E-state index contributed by atoms with van der Waals surface area (Å²) < 4.78 is 13.5. The molecule has 1 aromatic rings. The van der Waals surface area contributed by atoms with Gasteiger partial charge in [0.1, 0.15) is 5.82 Å². The Balaban J connectivity index is 2.36. The predicted molar refractivity (Wildman–Crippen MR) is 78.3 cm³/mol. The molecule has 0 heterocycles. The van der Waals surface area contributed by atoms with Crippen LogP contribution in [0.5, 0.6) is 0 Å². The lowest BCUT2D eigenvalue weighted by Crippen LogP contribution is -2.30. The molecule has 0 aromatic heterocycles. The second kappa shape index (κ2) is 7.24. The lowest BCUT2D eigenvalue weighted by Gasteiger charge is -2.21. The van der Waals surface area contributed by atoms with Gasteiger partial charge in [-0.15, -0.1) is 0 Å². The summed E-state index contributed by atoms with van der Waals surface area (Å²) in [5.74, 6) is -0.452. The van der Waals surface area contributed by atoms with Gasteiger partial charge in [-0.3, -0.25) is 0 Å². The van der Waals surface area contributed by atoms with Crippen LogP contribution < -0.4 is 10.6 Å². The van der Waals surface area contributed by atoms with E-state index in [0.717, 1.165) is 18.4 Å². The van der Waals surface area contributed by atoms with E-state index in [-0.39, 0.29) is 17.7 Å². The molecule has 0 aliphatic carbocycles. The number of benzene rings is 1. The van der Waals surface area contributed by atoms with Crippen molar-refractivity contribution in [3.8, 4) is 0 Å². The molecule has 0 aliphatic heterocycles. The zero-order valence-electron chi connectivity index (χ0n) is 12.3. The van der Waals surface area contributed by atoms with Crippen LogP contribution in [-0.4, -0.2) is 24.3 Å². The van der Waals surface area contributed by atoms with Gasteiger partial charge >= 0.3 is 6.03 Å². The van der Waals surface area contributed by atoms with Crippen molar-refractivity contribution in [2.45, 2.75) is 33.6 Å². The highest BCUT2D eigenvalue weighted by molar-refractivity contribution is 5.89. The largest absolute Gasteiger partial charge is 0.396 e. The second-order valence-corrected chi connectivity index (χ2v) is 5.79. The minimum absolute atomic E-state index is 0.119. The van der Waals surface area contributed by atoms with Crippen molar-refractivity contribution in [1.82, 2.24) is 5.32 Å². The number of halogens is 1. The lowest BCUT2D eigenvalue weighted by molar-refractivity contribution is 0.148. The van der Waals surface area contributed by atoms with Gasteiger partial charge in [-0.1, -0.05) is 19.9 Å². The lowest BCUT2D eigenvalue weighted by atomic mass is 9.89. The highest BCUT2D eigenvalue weighted by Crippen LogP contribution is 2.20. The van der Waals surface area contributed by atoms with E-state index in [1.165, 1.54) is 6.07 Å². The molecule has 4 nitrogen and oxygen atoms in total. The molecule has 1 rings (SSSR count). The Hall–Kier alpha value is -1.62. The van der Waals surface area contributed by atoms with Crippen molar-refractivity contribution < 1.29 is 14.3 Å². The standard InChI is InChI=1S/C15H23FN2O2/c1-11-5-6-12(16)13(9-11)18-14(20)17-8-4-7-15(2,3)10-19/h5-6,9,19H,4,7-8,10H2,1-3H3,(H2,17,18,20). The van der Waals surface area contributed by atoms with Gasteiger partial charge < -0.3 is 15.7 Å². The van der Waals surface area contributed by atoms with Crippen LogP contribution in [0.4, 0.5) is 14.9 Å². The Kier molecular flexibility index (Phi) is 5.95. The number of carbonyl (C=O) groups is 1. The maximum absolute atomic E-state index is 13.5. The smallest absolute Gasteiger partial charge is 0.319 e. The molecule has 0 unspecified atom stereocenters. The maximum atomic E-state index is 13.5. The Morgan fingerprint density at radius 2 is 2.10 bits per heavy atom. The minimum Gasteiger partial charge on any atom is -0.396 e. The normalized spacial score (nSPS) is 11.2. The van der Waals surface area contributed by atoms with Gasteiger partial charge in [-0.25, -0.2) is 9.18 Å². The van der Waals surface area contributed by atoms with E-state index < -0.39 is 11.8 Å². The van der Waals surface area contributed by atoms with Crippen LogP contribution in [0, 0.1) is 18.2 Å². The molecule has 0 aliphatic rings. The molecule has 20 heavy (non-hydrogen) atoms. The number of aliphatic hydroxyl groups is 1. The SMILES string of the molecule is Cc1ccc(F)c(NC(=O)NCCCC(C)(C)CO)c1. The number of nitrogens with one attached hydrogen (secondary N) is 2.